The molecule has 1 aromatic rings. The number of aliphatic hydroxyl groups excluding tert-OH is 1. The smallest absolute Gasteiger partial charge is 0.0702 e. The van der Waals surface area contributed by atoms with Crippen molar-refractivity contribution in [2.45, 2.75) is 51.7 Å². The van der Waals surface area contributed by atoms with Crippen LogP contribution in [-0.2, 0) is 6.61 Å². The molecular weight excluding hydrogens is 246 g/mol. The molecule has 2 rings (SSSR count). The SMILES string of the molecule is CCN(c1cc(Cl)ccc1CO)C1CCCCC1. The summed E-state index contributed by atoms with van der Waals surface area (Å²) in [4.78, 5) is 2.41. The number of benzene rings is 1. The van der Waals surface area contributed by atoms with E-state index in [1.807, 2.05) is 18.2 Å². The van der Waals surface area contributed by atoms with E-state index in [9.17, 15) is 5.11 Å². The quantitative estimate of drug-likeness (QED) is 0.892. The summed E-state index contributed by atoms with van der Waals surface area (Å²) < 4.78 is 0. The standard InChI is InChI=1S/C15H22ClNO/c1-2-17(14-6-4-3-5-7-14)15-10-13(16)9-8-12(15)11-18/h8-10,14,18H,2-7,11H2,1H3. The van der Waals surface area contributed by atoms with Gasteiger partial charge in [0.1, 0.15) is 0 Å². The summed E-state index contributed by atoms with van der Waals surface area (Å²) in [6.07, 6.45) is 6.50. The molecule has 1 saturated carbocycles. The van der Waals surface area contributed by atoms with Crippen LogP contribution in [-0.4, -0.2) is 17.7 Å². The molecule has 0 spiro atoms. The highest BCUT2D eigenvalue weighted by atomic mass is 35.5. The highest BCUT2D eigenvalue weighted by Crippen LogP contribution is 2.31. The Morgan fingerprint density at radius 1 is 1.28 bits per heavy atom. The molecule has 3 heteroatoms. The van der Waals surface area contributed by atoms with Crippen molar-refractivity contribution in [3.63, 3.8) is 0 Å². The van der Waals surface area contributed by atoms with E-state index in [1.165, 1.54) is 32.1 Å². The zero-order valence-corrected chi connectivity index (χ0v) is 11.8. The maximum atomic E-state index is 9.48. The summed E-state index contributed by atoms with van der Waals surface area (Å²) >= 11 is 6.11. The van der Waals surface area contributed by atoms with Crippen molar-refractivity contribution in [1.82, 2.24) is 0 Å². The molecule has 0 aromatic heterocycles. The maximum absolute atomic E-state index is 9.48. The van der Waals surface area contributed by atoms with Crippen LogP contribution < -0.4 is 4.90 Å². The summed E-state index contributed by atoms with van der Waals surface area (Å²) in [6.45, 7) is 3.23. The third-order valence-corrected chi connectivity index (χ3v) is 4.12. The first-order valence-electron chi connectivity index (χ1n) is 6.92. The number of hydrogen-bond acceptors (Lipinski definition) is 2. The first-order valence-corrected chi connectivity index (χ1v) is 7.30. The second-order valence-electron chi connectivity index (χ2n) is 5.01. The summed E-state index contributed by atoms with van der Waals surface area (Å²) in [5.74, 6) is 0. The Labute approximate surface area is 115 Å². The van der Waals surface area contributed by atoms with E-state index in [0.29, 0.717) is 6.04 Å². The third kappa shape index (κ3) is 2.99. The molecule has 2 nitrogen and oxygen atoms in total. The molecule has 0 bridgehead atoms. The van der Waals surface area contributed by atoms with E-state index in [1.54, 1.807) is 0 Å². The normalized spacial score (nSPS) is 16.8. The fraction of sp³-hybridized carbons (Fsp3) is 0.600. The van der Waals surface area contributed by atoms with Crippen molar-refractivity contribution in [3.05, 3.63) is 28.8 Å². The van der Waals surface area contributed by atoms with Crippen molar-refractivity contribution in [2.75, 3.05) is 11.4 Å². The van der Waals surface area contributed by atoms with Gasteiger partial charge in [0.25, 0.3) is 0 Å². The molecule has 1 N–H and O–H groups in total. The monoisotopic (exact) mass is 267 g/mol. The number of aliphatic hydroxyl groups is 1. The van der Waals surface area contributed by atoms with Crippen LogP contribution in [0.2, 0.25) is 5.02 Å². The molecule has 1 aromatic carbocycles. The Hall–Kier alpha value is -0.730. The highest BCUT2D eigenvalue weighted by Gasteiger charge is 2.22. The van der Waals surface area contributed by atoms with Crippen LogP contribution in [0, 0.1) is 0 Å². The van der Waals surface area contributed by atoms with Gasteiger partial charge in [0.2, 0.25) is 0 Å². The number of halogens is 1. The summed E-state index contributed by atoms with van der Waals surface area (Å²) in [7, 11) is 0. The van der Waals surface area contributed by atoms with E-state index < -0.39 is 0 Å². The average Bonchev–Trinajstić information content (AvgIpc) is 2.41. The van der Waals surface area contributed by atoms with Gasteiger partial charge in [-0.1, -0.05) is 36.9 Å². The van der Waals surface area contributed by atoms with E-state index in [2.05, 4.69) is 11.8 Å². The van der Waals surface area contributed by atoms with Gasteiger partial charge >= 0.3 is 0 Å². The van der Waals surface area contributed by atoms with Crippen LogP contribution >= 0.6 is 11.6 Å². The molecular formula is C15H22ClNO. The number of hydrogen-bond donors (Lipinski definition) is 1. The van der Waals surface area contributed by atoms with Gasteiger partial charge in [0.15, 0.2) is 0 Å². The number of rotatable bonds is 4. The van der Waals surface area contributed by atoms with Gasteiger partial charge < -0.3 is 10.0 Å². The molecule has 0 atom stereocenters. The summed E-state index contributed by atoms with van der Waals surface area (Å²) in [5.41, 5.74) is 2.09. The maximum Gasteiger partial charge on any atom is 0.0702 e. The lowest BCUT2D eigenvalue weighted by molar-refractivity contribution is 0.281. The molecule has 0 radical (unpaired) electrons. The molecule has 1 aliphatic carbocycles. The first-order chi connectivity index (χ1) is 8.76. The zero-order chi connectivity index (χ0) is 13.0. The van der Waals surface area contributed by atoms with Gasteiger partial charge in [-0.2, -0.15) is 0 Å². The minimum absolute atomic E-state index is 0.0791. The van der Waals surface area contributed by atoms with Crippen LogP contribution in [0.1, 0.15) is 44.6 Å². The zero-order valence-electron chi connectivity index (χ0n) is 11.0. The topological polar surface area (TPSA) is 23.5 Å². The highest BCUT2D eigenvalue weighted by molar-refractivity contribution is 6.30. The lowest BCUT2D eigenvalue weighted by atomic mass is 9.93. The fourth-order valence-corrected chi connectivity index (χ4v) is 3.12. The predicted octanol–water partition coefficient (Wildman–Crippen LogP) is 3.99. The van der Waals surface area contributed by atoms with E-state index in [4.69, 9.17) is 11.6 Å². The molecule has 0 saturated heterocycles. The molecule has 0 amide bonds. The summed E-state index contributed by atoms with van der Waals surface area (Å²) in [5, 5.41) is 10.2. The Morgan fingerprint density at radius 2 is 2.00 bits per heavy atom. The summed E-state index contributed by atoms with van der Waals surface area (Å²) in [6, 6.07) is 6.38. The molecule has 1 fully saturated rings. The number of nitrogens with zero attached hydrogens (tertiary/aromatic N) is 1. The van der Waals surface area contributed by atoms with Crippen molar-refractivity contribution in [2.24, 2.45) is 0 Å². The minimum Gasteiger partial charge on any atom is -0.392 e. The molecule has 0 heterocycles. The third-order valence-electron chi connectivity index (χ3n) is 3.88. The van der Waals surface area contributed by atoms with Gasteiger partial charge in [0.05, 0.1) is 6.61 Å². The van der Waals surface area contributed by atoms with Gasteiger partial charge in [0, 0.05) is 28.9 Å². The van der Waals surface area contributed by atoms with E-state index in [0.717, 1.165) is 22.8 Å². The van der Waals surface area contributed by atoms with Crippen molar-refractivity contribution >= 4 is 17.3 Å². The average molecular weight is 268 g/mol. The lowest BCUT2D eigenvalue weighted by Gasteiger charge is -2.36. The molecule has 0 unspecified atom stereocenters. The van der Waals surface area contributed by atoms with Crippen LogP contribution in [0.25, 0.3) is 0 Å². The number of anilines is 1. The van der Waals surface area contributed by atoms with E-state index >= 15 is 0 Å². The molecule has 18 heavy (non-hydrogen) atoms. The molecule has 0 aliphatic heterocycles. The van der Waals surface area contributed by atoms with Gasteiger partial charge in [-0.3, -0.25) is 0 Å². The Morgan fingerprint density at radius 3 is 2.61 bits per heavy atom. The minimum atomic E-state index is 0.0791. The van der Waals surface area contributed by atoms with Crippen LogP contribution in [0.15, 0.2) is 18.2 Å². The van der Waals surface area contributed by atoms with Gasteiger partial charge in [-0.05, 0) is 31.9 Å². The second-order valence-corrected chi connectivity index (χ2v) is 5.45. The first kappa shape index (κ1) is 13.7. The lowest BCUT2D eigenvalue weighted by Crippen LogP contribution is -2.37. The molecule has 100 valence electrons. The van der Waals surface area contributed by atoms with Crippen LogP contribution in [0.5, 0.6) is 0 Å². The van der Waals surface area contributed by atoms with Crippen LogP contribution in [0.3, 0.4) is 0 Å². The Balaban J connectivity index is 2.27. The van der Waals surface area contributed by atoms with E-state index in [-0.39, 0.29) is 6.61 Å². The predicted molar refractivity (Wildman–Crippen MR) is 77.3 cm³/mol. The van der Waals surface area contributed by atoms with Crippen molar-refractivity contribution in [1.29, 1.82) is 0 Å². The Kier molecular flexibility index (Phi) is 4.90. The van der Waals surface area contributed by atoms with Crippen molar-refractivity contribution < 1.29 is 5.11 Å². The van der Waals surface area contributed by atoms with Gasteiger partial charge in [-0.15, -0.1) is 0 Å². The van der Waals surface area contributed by atoms with Crippen LogP contribution in [0.4, 0.5) is 5.69 Å². The largest absolute Gasteiger partial charge is 0.392 e. The Bertz CT molecular complexity index is 388. The van der Waals surface area contributed by atoms with Crippen molar-refractivity contribution in [3.8, 4) is 0 Å². The second kappa shape index (κ2) is 6.44. The molecule has 1 aliphatic rings. The van der Waals surface area contributed by atoms with Gasteiger partial charge in [-0.25, -0.2) is 0 Å². The fourth-order valence-electron chi connectivity index (χ4n) is 2.96.